The molecule has 1 aliphatic rings. The van der Waals surface area contributed by atoms with Crippen molar-refractivity contribution in [1.29, 1.82) is 0 Å². The molecular formula is C20H18F5NO2. The molecule has 1 fully saturated rings. The number of hydrogen-bond acceptors (Lipinski definition) is 2. The number of piperidine rings is 1. The summed E-state index contributed by atoms with van der Waals surface area (Å²) in [6.45, 7) is 0.557. The van der Waals surface area contributed by atoms with E-state index < -0.39 is 23.4 Å². The standard InChI is InChI=1S/C20H18F5NO2/c21-16-7-8-18(22)14(10-16)12-28-17-2-1-9-26(11-17)19(27)13-3-5-15(6-4-13)20(23,24)25/h3-8,10,17H,1-2,9,11-12H2. The molecule has 1 amide bonds. The second kappa shape index (κ2) is 8.26. The molecule has 0 radical (unpaired) electrons. The van der Waals surface area contributed by atoms with Crippen molar-refractivity contribution in [2.24, 2.45) is 0 Å². The molecule has 2 aromatic carbocycles. The Morgan fingerprint density at radius 3 is 2.50 bits per heavy atom. The Bertz CT molecular complexity index is 835. The number of hydrogen-bond donors (Lipinski definition) is 0. The maximum atomic E-state index is 13.7. The fraction of sp³-hybridized carbons (Fsp3) is 0.350. The molecule has 1 unspecified atom stereocenters. The lowest BCUT2D eigenvalue weighted by Gasteiger charge is -2.33. The second-order valence-electron chi connectivity index (χ2n) is 6.64. The number of halogens is 5. The molecule has 150 valence electrons. The summed E-state index contributed by atoms with van der Waals surface area (Å²) < 4.78 is 70.5. The van der Waals surface area contributed by atoms with E-state index in [0.717, 1.165) is 42.5 Å². The zero-order chi connectivity index (χ0) is 20.3. The fourth-order valence-electron chi connectivity index (χ4n) is 3.10. The van der Waals surface area contributed by atoms with Crippen LogP contribution in [0.3, 0.4) is 0 Å². The number of alkyl halides is 3. The highest BCUT2D eigenvalue weighted by Gasteiger charge is 2.31. The molecule has 3 rings (SSSR count). The van der Waals surface area contributed by atoms with Crippen LogP contribution in [0.4, 0.5) is 22.0 Å². The molecule has 0 saturated carbocycles. The van der Waals surface area contributed by atoms with Gasteiger partial charge in [-0.15, -0.1) is 0 Å². The van der Waals surface area contributed by atoms with Crippen LogP contribution in [0.5, 0.6) is 0 Å². The zero-order valence-corrected chi connectivity index (χ0v) is 14.8. The predicted octanol–water partition coefficient (Wildman–Crippen LogP) is 4.81. The van der Waals surface area contributed by atoms with Crippen LogP contribution in [-0.2, 0) is 17.5 Å². The molecule has 28 heavy (non-hydrogen) atoms. The van der Waals surface area contributed by atoms with Gasteiger partial charge in [-0.1, -0.05) is 0 Å². The minimum Gasteiger partial charge on any atom is -0.372 e. The molecule has 0 N–H and O–H groups in total. The minimum absolute atomic E-state index is 0.0891. The Morgan fingerprint density at radius 1 is 1.11 bits per heavy atom. The SMILES string of the molecule is O=C(c1ccc(C(F)(F)F)cc1)N1CCCC(OCc2cc(F)ccc2F)C1. The number of likely N-dealkylation sites (tertiary alicyclic amines) is 1. The van der Waals surface area contributed by atoms with Crippen LogP contribution in [0, 0.1) is 11.6 Å². The van der Waals surface area contributed by atoms with Crippen molar-refractivity contribution in [3.05, 3.63) is 70.8 Å². The normalized spacial score (nSPS) is 17.6. The number of carbonyl (C=O) groups excluding carboxylic acids is 1. The fourth-order valence-corrected chi connectivity index (χ4v) is 3.10. The van der Waals surface area contributed by atoms with Crippen LogP contribution < -0.4 is 0 Å². The van der Waals surface area contributed by atoms with E-state index in [9.17, 15) is 26.7 Å². The first-order chi connectivity index (χ1) is 13.2. The number of rotatable bonds is 4. The summed E-state index contributed by atoms with van der Waals surface area (Å²) >= 11 is 0. The van der Waals surface area contributed by atoms with Gasteiger partial charge in [-0.05, 0) is 55.3 Å². The lowest BCUT2D eigenvalue weighted by molar-refractivity contribution is -0.137. The molecular weight excluding hydrogens is 381 g/mol. The maximum Gasteiger partial charge on any atom is 0.416 e. The number of carbonyl (C=O) groups is 1. The summed E-state index contributed by atoms with van der Waals surface area (Å²) in [5.41, 5.74) is -0.572. The van der Waals surface area contributed by atoms with Gasteiger partial charge in [-0.3, -0.25) is 4.79 Å². The van der Waals surface area contributed by atoms with Gasteiger partial charge in [0.15, 0.2) is 0 Å². The monoisotopic (exact) mass is 399 g/mol. The van der Waals surface area contributed by atoms with Crippen LogP contribution in [0.25, 0.3) is 0 Å². The van der Waals surface area contributed by atoms with Gasteiger partial charge < -0.3 is 9.64 Å². The molecule has 0 aliphatic carbocycles. The van der Waals surface area contributed by atoms with E-state index in [1.807, 2.05) is 0 Å². The number of ether oxygens (including phenoxy) is 1. The van der Waals surface area contributed by atoms with E-state index in [1.54, 1.807) is 0 Å². The quantitative estimate of drug-likeness (QED) is 0.691. The van der Waals surface area contributed by atoms with Crippen molar-refractivity contribution < 1.29 is 31.5 Å². The highest BCUT2D eigenvalue weighted by atomic mass is 19.4. The molecule has 1 saturated heterocycles. The largest absolute Gasteiger partial charge is 0.416 e. The Kier molecular flexibility index (Phi) is 5.98. The zero-order valence-electron chi connectivity index (χ0n) is 14.8. The van der Waals surface area contributed by atoms with Crippen molar-refractivity contribution in [2.45, 2.75) is 31.7 Å². The lowest BCUT2D eigenvalue weighted by atomic mass is 10.1. The number of benzene rings is 2. The molecule has 2 aromatic rings. The van der Waals surface area contributed by atoms with Crippen LogP contribution in [0.15, 0.2) is 42.5 Å². The first-order valence-corrected chi connectivity index (χ1v) is 8.76. The summed E-state index contributed by atoms with van der Waals surface area (Å²) in [5.74, 6) is -1.53. The molecule has 0 spiro atoms. The Hall–Kier alpha value is -2.48. The Labute approximate surface area is 158 Å². The third-order valence-corrected chi connectivity index (χ3v) is 4.61. The Balaban J connectivity index is 1.61. The molecule has 0 bridgehead atoms. The van der Waals surface area contributed by atoms with Gasteiger partial charge in [0.2, 0.25) is 0 Å². The van der Waals surface area contributed by atoms with Gasteiger partial charge >= 0.3 is 6.18 Å². The van der Waals surface area contributed by atoms with Crippen LogP contribution in [0.2, 0.25) is 0 Å². The van der Waals surface area contributed by atoms with Crippen LogP contribution in [0.1, 0.15) is 34.3 Å². The van der Waals surface area contributed by atoms with Gasteiger partial charge in [0.25, 0.3) is 5.91 Å². The highest BCUT2D eigenvalue weighted by Crippen LogP contribution is 2.29. The Morgan fingerprint density at radius 2 is 1.82 bits per heavy atom. The van der Waals surface area contributed by atoms with Gasteiger partial charge in [-0.2, -0.15) is 13.2 Å². The topological polar surface area (TPSA) is 29.5 Å². The van der Waals surface area contributed by atoms with E-state index in [1.165, 1.54) is 4.90 Å². The van der Waals surface area contributed by atoms with E-state index >= 15 is 0 Å². The first kappa shape index (κ1) is 20.3. The summed E-state index contributed by atoms with van der Waals surface area (Å²) in [6, 6.07) is 7.15. The van der Waals surface area contributed by atoms with E-state index in [0.29, 0.717) is 19.4 Å². The molecule has 1 heterocycles. The number of nitrogens with zero attached hydrogens (tertiary/aromatic N) is 1. The van der Waals surface area contributed by atoms with Crippen molar-refractivity contribution >= 4 is 5.91 Å². The lowest BCUT2D eigenvalue weighted by Crippen LogP contribution is -2.43. The van der Waals surface area contributed by atoms with Crippen molar-refractivity contribution in [2.75, 3.05) is 13.1 Å². The van der Waals surface area contributed by atoms with Crippen molar-refractivity contribution in [3.63, 3.8) is 0 Å². The van der Waals surface area contributed by atoms with E-state index in [2.05, 4.69) is 0 Å². The molecule has 8 heteroatoms. The smallest absolute Gasteiger partial charge is 0.372 e. The van der Waals surface area contributed by atoms with Gasteiger partial charge in [0.1, 0.15) is 11.6 Å². The third-order valence-electron chi connectivity index (χ3n) is 4.61. The average molecular weight is 399 g/mol. The molecule has 1 atom stereocenters. The third kappa shape index (κ3) is 4.86. The first-order valence-electron chi connectivity index (χ1n) is 8.76. The van der Waals surface area contributed by atoms with E-state index in [4.69, 9.17) is 4.74 Å². The van der Waals surface area contributed by atoms with E-state index in [-0.39, 0.29) is 36.3 Å². The van der Waals surface area contributed by atoms with Crippen LogP contribution in [-0.4, -0.2) is 30.0 Å². The maximum absolute atomic E-state index is 13.7. The van der Waals surface area contributed by atoms with Crippen LogP contribution >= 0.6 is 0 Å². The van der Waals surface area contributed by atoms with Gasteiger partial charge in [-0.25, -0.2) is 8.78 Å². The summed E-state index contributed by atoms with van der Waals surface area (Å²) in [4.78, 5) is 14.1. The average Bonchev–Trinajstić information content (AvgIpc) is 2.68. The van der Waals surface area contributed by atoms with Crippen molar-refractivity contribution in [3.8, 4) is 0 Å². The summed E-state index contributed by atoms with van der Waals surface area (Å²) in [6.07, 6.45) is -3.54. The van der Waals surface area contributed by atoms with Gasteiger partial charge in [0, 0.05) is 24.2 Å². The number of amides is 1. The van der Waals surface area contributed by atoms with Gasteiger partial charge in [0.05, 0.1) is 18.3 Å². The molecule has 1 aliphatic heterocycles. The molecule has 3 nitrogen and oxygen atoms in total. The summed E-state index contributed by atoms with van der Waals surface area (Å²) in [7, 11) is 0. The second-order valence-corrected chi connectivity index (χ2v) is 6.64. The predicted molar refractivity (Wildman–Crippen MR) is 91.5 cm³/mol. The summed E-state index contributed by atoms with van der Waals surface area (Å²) in [5, 5.41) is 0. The molecule has 0 aromatic heterocycles. The highest BCUT2D eigenvalue weighted by molar-refractivity contribution is 5.94. The minimum atomic E-state index is -4.46. The van der Waals surface area contributed by atoms with Crippen molar-refractivity contribution in [1.82, 2.24) is 4.90 Å².